The number of sulfone groups is 1. The number of Topliss-reactive ketones (excluding diaryl/α,β-unsaturated/α-hetero) is 1. The highest BCUT2D eigenvalue weighted by atomic mass is 35.5. The number of ketones is 1. The van der Waals surface area contributed by atoms with E-state index >= 15 is 0 Å². The molecule has 0 aliphatic heterocycles. The number of benzene rings is 1. The molecule has 0 saturated heterocycles. The first-order valence-corrected chi connectivity index (χ1v) is 8.87. The fourth-order valence-corrected chi connectivity index (χ4v) is 4.01. The van der Waals surface area contributed by atoms with Crippen LogP contribution in [-0.4, -0.2) is 20.0 Å². The lowest BCUT2D eigenvalue weighted by Crippen LogP contribution is -2.15. The second-order valence-corrected chi connectivity index (χ2v) is 7.85. The van der Waals surface area contributed by atoms with Crippen molar-refractivity contribution in [3.8, 4) is 0 Å². The molecule has 0 aliphatic carbocycles. The van der Waals surface area contributed by atoms with Gasteiger partial charge < -0.3 is 0 Å². The Bertz CT molecular complexity index is 715. The van der Waals surface area contributed by atoms with E-state index in [9.17, 15) is 13.2 Å². The predicted octanol–water partition coefficient (Wildman–Crippen LogP) is 3.62. The van der Waals surface area contributed by atoms with Crippen molar-refractivity contribution in [1.29, 1.82) is 0 Å². The third kappa shape index (κ3) is 3.48. The highest BCUT2D eigenvalue weighted by Gasteiger charge is 2.21. The van der Waals surface area contributed by atoms with Crippen LogP contribution >= 0.6 is 22.9 Å². The zero-order chi connectivity index (χ0) is 14.8. The van der Waals surface area contributed by atoms with Gasteiger partial charge >= 0.3 is 0 Å². The number of hydrogen-bond acceptors (Lipinski definition) is 4. The van der Waals surface area contributed by atoms with E-state index in [1.807, 2.05) is 13.0 Å². The molecule has 2 aromatic rings. The van der Waals surface area contributed by atoms with E-state index in [1.165, 1.54) is 35.6 Å². The van der Waals surface area contributed by atoms with Gasteiger partial charge in [-0.15, -0.1) is 11.3 Å². The molecule has 3 nitrogen and oxygen atoms in total. The monoisotopic (exact) mass is 328 g/mol. The van der Waals surface area contributed by atoms with Crippen LogP contribution in [0.4, 0.5) is 0 Å². The highest BCUT2D eigenvalue weighted by molar-refractivity contribution is 7.92. The van der Waals surface area contributed by atoms with Crippen molar-refractivity contribution < 1.29 is 13.2 Å². The summed E-state index contributed by atoms with van der Waals surface area (Å²) in [4.78, 5) is 13.7. The standard InChI is InChI=1S/C14H13ClO3S2/c1-2-11-5-8-14(19-11)13(16)9-20(17,18)12-6-3-10(15)4-7-12/h3-8H,2,9H2,1H3. The summed E-state index contributed by atoms with van der Waals surface area (Å²) in [5.74, 6) is -0.886. The summed E-state index contributed by atoms with van der Waals surface area (Å²) in [6.45, 7) is 1.99. The van der Waals surface area contributed by atoms with Crippen LogP contribution in [0.3, 0.4) is 0 Å². The van der Waals surface area contributed by atoms with E-state index in [0.29, 0.717) is 9.90 Å². The molecular formula is C14H13ClO3S2. The van der Waals surface area contributed by atoms with E-state index in [1.54, 1.807) is 6.07 Å². The first kappa shape index (κ1) is 15.2. The topological polar surface area (TPSA) is 51.2 Å². The quantitative estimate of drug-likeness (QED) is 0.788. The molecule has 0 radical (unpaired) electrons. The lowest BCUT2D eigenvalue weighted by atomic mass is 10.3. The van der Waals surface area contributed by atoms with E-state index in [-0.39, 0.29) is 10.7 Å². The van der Waals surface area contributed by atoms with Gasteiger partial charge in [-0.25, -0.2) is 8.42 Å². The van der Waals surface area contributed by atoms with Crippen LogP contribution in [0.1, 0.15) is 21.5 Å². The molecule has 0 atom stereocenters. The van der Waals surface area contributed by atoms with E-state index in [4.69, 9.17) is 11.6 Å². The van der Waals surface area contributed by atoms with Gasteiger partial charge in [0.05, 0.1) is 9.77 Å². The van der Waals surface area contributed by atoms with E-state index < -0.39 is 15.6 Å². The minimum Gasteiger partial charge on any atom is -0.292 e. The number of carbonyl (C=O) groups excluding carboxylic acids is 1. The Morgan fingerprint density at radius 1 is 1.15 bits per heavy atom. The van der Waals surface area contributed by atoms with Gasteiger partial charge in [-0.2, -0.15) is 0 Å². The van der Waals surface area contributed by atoms with Crippen molar-refractivity contribution in [2.75, 3.05) is 5.75 Å². The van der Waals surface area contributed by atoms with Gasteiger partial charge in [0.1, 0.15) is 5.75 Å². The molecule has 106 valence electrons. The Kier molecular flexibility index (Phi) is 4.62. The molecule has 0 spiro atoms. The van der Waals surface area contributed by atoms with Crippen molar-refractivity contribution in [2.24, 2.45) is 0 Å². The lowest BCUT2D eigenvalue weighted by Gasteiger charge is -2.03. The number of rotatable bonds is 5. The van der Waals surface area contributed by atoms with Crippen molar-refractivity contribution in [3.63, 3.8) is 0 Å². The fraction of sp³-hybridized carbons (Fsp3) is 0.214. The third-order valence-corrected chi connectivity index (χ3v) is 5.93. The van der Waals surface area contributed by atoms with Crippen molar-refractivity contribution in [3.05, 3.63) is 51.2 Å². The molecule has 0 saturated carbocycles. The smallest absolute Gasteiger partial charge is 0.188 e. The molecule has 0 N–H and O–H groups in total. The maximum atomic E-state index is 12.1. The average molecular weight is 329 g/mol. The predicted molar refractivity (Wildman–Crippen MR) is 81.5 cm³/mol. The van der Waals surface area contributed by atoms with Gasteiger partial charge in [0, 0.05) is 9.90 Å². The van der Waals surface area contributed by atoms with Crippen molar-refractivity contribution in [1.82, 2.24) is 0 Å². The molecule has 6 heteroatoms. The molecule has 0 aliphatic rings. The van der Waals surface area contributed by atoms with Gasteiger partial charge in [0.2, 0.25) is 0 Å². The Morgan fingerprint density at radius 3 is 2.35 bits per heavy atom. The number of carbonyl (C=O) groups is 1. The molecule has 1 aromatic carbocycles. The van der Waals surface area contributed by atoms with Crippen molar-refractivity contribution in [2.45, 2.75) is 18.2 Å². The molecule has 1 aromatic heterocycles. The van der Waals surface area contributed by atoms with Crippen LogP contribution in [0.5, 0.6) is 0 Å². The summed E-state index contributed by atoms with van der Waals surface area (Å²) < 4.78 is 24.3. The molecule has 20 heavy (non-hydrogen) atoms. The molecule has 0 unspecified atom stereocenters. The molecule has 2 rings (SSSR count). The summed E-state index contributed by atoms with van der Waals surface area (Å²) in [6.07, 6.45) is 0.835. The SMILES string of the molecule is CCc1ccc(C(=O)CS(=O)(=O)c2ccc(Cl)cc2)s1. The summed E-state index contributed by atoms with van der Waals surface area (Å²) in [5.41, 5.74) is 0. The molecular weight excluding hydrogens is 316 g/mol. The highest BCUT2D eigenvalue weighted by Crippen LogP contribution is 2.20. The maximum Gasteiger partial charge on any atom is 0.188 e. The summed E-state index contributed by atoms with van der Waals surface area (Å²) >= 11 is 7.07. The maximum absolute atomic E-state index is 12.1. The van der Waals surface area contributed by atoms with Crippen LogP contribution in [0, 0.1) is 0 Å². The molecule has 0 amide bonds. The molecule has 0 fully saturated rings. The first-order valence-electron chi connectivity index (χ1n) is 6.02. The van der Waals surface area contributed by atoms with Gasteiger partial charge in [0.15, 0.2) is 15.6 Å². The number of thiophene rings is 1. The Balaban J connectivity index is 2.19. The van der Waals surface area contributed by atoms with Crippen LogP contribution in [0.15, 0.2) is 41.3 Å². The van der Waals surface area contributed by atoms with E-state index in [2.05, 4.69) is 0 Å². The largest absolute Gasteiger partial charge is 0.292 e. The number of hydrogen-bond donors (Lipinski definition) is 0. The number of aryl methyl sites for hydroxylation is 1. The molecule has 1 heterocycles. The first-order chi connectivity index (χ1) is 9.42. The molecule has 0 bridgehead atoms. The third-order valence-electron chi connectivity index (χ3n) is 2.78. The number of halogens is 1. The van der Waals surface area contributed by atoms with Gasteiger partial charge in [-0.3, -0.25) is 4.79 Å². The van der Waals surface area contributed by atoms with Gasteiger partial charge in [-0.05, 0) is 42.8 Å². The second kappa shape index (κ2) is 6.08. The normalized spacial score (nSPS) is 11.5. The van der Waals surface area contributed by atoms with E-state index in [0.717, 1.165) is 11.3 Å². The summed E-state index contributed by atoms with van der Waals surface area (Å²) in [7, 11) is -3.62. The van der Waals surface area contributed by atoms with Gasteiger partial charge in [0.25, 0.3) is 0 Å². The van der Waals surface area contributed by atoms with Gasteiger partial charge in [-0.1, -0.05) is 18.5 Å². The Hall–Kier alpha value is -1.17. The minimum absolute atomic E-state index is 0.113. The Labute approximate surface area is 127 Å². The fourth-order valence-electron chi connectivity index (χ4n) is 1.69. The van der Waals surface area contributed by atoms with Crippen LogP contribution < -0.4 is 0 Å². The van der Waals surface area contributed by atoms with Crippen LogP contribution in [-0.2, 0) is 16.3 Å². The van der Waals surface area contributed by atoms with Crippen molar-refractivity contribution >= 4 is 38.6 Å². The lowest BCUT2D eigenvalue weighted by molar-refractivity contribution is 0.102. The Morgan fingerprint density at radius 2 is 1.80 bits per heavy atom. The summed E-state index contributed by atoms with van der Waals surface area (Å²) in [5, 5.41) is 0.459. The van der Waals surface area contributed by atoms with Crippen LogP contribution in [0.25, 0.3) is 0 Å². The zero-order valence-electron chi connectivity index (χ0n) is 10.8. The zero-order valence-corrected chi connectivity index (χ0v) is 13.2. The minimum atomic E-state index is -3.62. The van der Waals surface area contributed by atoms with Crippen LogP contribution in [0.2, 0.25) is 5.02 Å². The average Bonchev–Trinajstić information content (AvgIpc) is 2.87. The second-order valence-electron chi connectivity index (χ2n) is 4.26. The summed E-state index contributed by atoms with van der Waals surface area (Å²) in [6, 6.07) is 9.36.